The van der Waals surface area contributed by atoms with Crippen LogP contribution in [0.2, 0.25) is 0 Å². The van der Waals surface area contributed by atoms with Gasteiger partial charge in [-0.2, -0.15) is 0 Å². The maximum absolute atomic E-state index is 10.1. The Kier molecular flexibility index (Phi) is 1.03. The summed E-state index contributed by atoms with van der Waals surface area (Å²) in [7, 11) is 0. The van der Waals surface area contributed by atoms with Crippen molar-refractivity contribution in [3.63, 3.8) is 0 Å². The lowest BCUT2D eigenvalue weighted by atomic mass is 9.90. The fraction of sp³-hybridized carbons (Fsp3) is 0.833. The number of nitrogens with zero attached hydrogens (tertiary/aromatic N) is 1. The monoisotopic (exact) mass is 113 g/mol. The normalized spacial score (nSPS) is 24.5. The third-order valence-electron chi connectivity index (χ3n) is 1.87. The Morgan fingerprint density at radius 3 is 2.25 bits per heavy atom. The molecular formula is C6H11NO. The van der Waals surface area contributed by atoms with Crippen LogP contribution in [0.25, 0.3) is 0 Å². The molecule has 0 N–H and O–H groups in total. The molecule has 0 unspecified atom stereocenters. The van der Waals surface area contributed by atoms with Crippen LogP contribution in [-0.2, 0) is 4.79 Å². The Labute approximate surface area is 49.5 Å². The second kappa shape index (κ2) is 1.47. The fourth-order valence-corrected chi connectivity index (χ4v) is 0.883. The molecule has 1 fully saturated rings. The van der Waals surface area contributed by atoms with Gasteiger partial charge in [-0.25, -0.2) is 0 Å². The summed E-state index contributed by atoms with van der Waals surface area (Å²) < 4.78 is 0. The van der Waals surface area contributed by atoms with Gasteiger partial charge in [-0.3, -0.25) is 4.79 Å². The highest BCUT2D eigenvalue weighted by molar-refractivity contribution is 5.50. The molecule has 0 aromatic heterocycles. The molecule has 0 aromatic carbocycles. The summed E-state index contributed by atoms with van der Waals surface area (Å²) in [6, 6.07) is 0. The molecule has 46 valence electrons. The van der Waals surface area contributed by atoms with Crippen molar-refractivity contribution in [2.45, 2.75) is 25.8 Å². The van der Waals surface area contributed by atoms with E-state index in [4.69, 9.17) is 0 Å². The smallest absolute Gasteiger partial charge is 0.210 e. The van der Waals surface area contributed by atoms with E-state index in [2.05, 4.69) is 13.8 Å². The predicted octanol–water partition coefficient (Wildman–Crippen LogP) is 0.627. The van der Waals surface area contributed by atoms with Crippen molar-refractivity contribution in [2.75, 3.05) is 6.54 Å². The minimum atomic E-state index is 0.155. The SMILES string of the molecule is CC1(C)CCN1C=O. The Balaban J connectivity index is 2.49. The van der Waals surface area contributed by atoms with Crippen LogP contribution in [0.1, 0.15) is 20.3 Å². The molecule has 1 heterocycles. The number of rotatable bonds is 1. The van der Waals surface area contributed by atoms with E-state index in [1.807, 2.05) is 4.90 Å². The summed E-state index contributed by atoms with van der Waals surface area (Å²) >= 11 is 0. The summed E-state index contributed by atoms with van der Waals surface area (Å²) in [4.78, 5) is 11.9. The van der Waals surface area contributed by atoms with Crippen molar-refractivity contribution in [3.8, 4) is 0 Å². The molecule has 1 saturated heterocycles. The highest BCUT2D eigenvalue weighted by Crippen LogP contribution is 2.26. The van der Waals surface area contributed by atoms with Crippen molar-refractivity contribution in [1.82, 2.24) is 4.90 Å². The van der Waals surface area contributed by atoms with Gasteiger partial charge in [0.25, 0.3) is 0 Å². The molecule has 1 amide bonds. The van der Waals surface area contributed by atoms with E-state index >= 15 is 0 Å². The highest BCUT2D eigenvalue weighted by Gasteiger charge is 2.34. The minimum absolute atomic E-state index is 0.155. The third-order valence-corrected chi connectivity index (χ3v) is 1.87. The number of hydrogen-bond donors (Lipinski definition) is 0. The van der Waals surface area contributed by atoms with E-state index in [0.29, 0.717) is 0 Å². The van der Waals surface area contributed by atoms with Gasteiger partial charge < -0.3 is 4.90 Å². The highest BCUT2D eigenvalue weighted by atomic mass is 16.1. The first-order valence-electron chi connectivity index (χ1n) is 2.89. The second-order valence-electron chi connectivity index (χ2n) is 2.86. The molecule has 8 heavy (non-hydrogen) atoms. The van der Waals surface area contributed by atoms with Crippen molar-refractivity contribution in [3.05, 3.63) is 0 Å². The fourth-order valence-electron chi connectivity index (χ4n) is 0.883. The molecule has 0 aliphatic carbocycles. The van der Waals surface area contributed by atoms with Crippen molar-refractivity contribution in [2.24, 2.45) is 0 Å². The lowest BCUT2D eigenvalue weighted by Gasteiger charge is -2.45. The predicted molar refractivity (Wildman–Crippen MR) is 31.5 cm³/mol. The summed E-state index contributed by atoms with van der Waals surface area (Å²) in [5.41, 5.74) is 0.155. The summed E-state index contributed by atoms with van der Waals surface area (Å²) in [6.45, 7) is 5.09. The first kappa shape index (κ1) is 5.60. The van der Waals surface area contributed by atoms with E-state index < -0.39 is 0 Å². The van der Waals surface area contributed by atoms with Crippen LogP contribution in [0, 0.1) is 0 Å². The molecule has 0 atom stereocenters. The number of carbonyl (C=O) groups is 1. The average molecular weight is 113 g/mol. The van der Waals surface area contributed by atoms with Gasteiger partial charge in [0.1, 0.15) is 0 Å². The Morgan fingerprint density at radius 1 is 1.62 bits per heavy atom. The Hall–Kier alpha value is -0.530. The molecule has 0 radical (unpaired) electrons. The van der Waals surface area contributed by atoms with E-state index in [0.717, 1.165) is 19.4 Å². The quantitative estimate of drug-likeness (QED) is 0.457. The van der Waals surface area contributed by atoms with Crippen LogP contribution in [0.15, 0.2) is 0 Å². The summed E-state index contributed by atoms with van der Waals surface area (Å²) in [6.07, 6.45) is 2.06. The zero-order valence-electron chi connectivity index (χ0n) is 5.35. The molecule has 1 aliphatic rings. The molecule has 0 saturated carbocycles. The molecule has 1 rings (SSSR count). The van der Waals surface area contributed by atoms with Crippen LogP contribution in [-0.4, -0.2) is 23.4 Å². The zero-order chi connectivity index (χ0) is 6.20. The standard InChI is InChI=1S/C6H11NO/c1-6(2)3-4-7(6)5-8/h5H,3-4H2,1-2H3. The lowest BCUT2D eigenvalue weighted by molar-refractivity contribution is -0.130. The van der Waals surface area contributed by atoms with Gasteiger partial charge in [-0.15, -0.1) is 0 Å². The molecule has 0 bridgehead atoms. The molecule has 1 aliphatic heterocycles. The van der Waals surface area contributed by atoms with Crippen LogP contribution in [0.3, 0.4) is 0 Å². The van der Waals surface area contributed by atoms with Crippen molar-refractivity contribution in [1.29, 1.82) is 0 Å². The topological polar surface area (TPSA) is 20.3 Å². The number of likely N-dealkylation sites (tertiary alicyclic amines) is 1. The lowest BCUT2D eigenvalue weighted by Crippen LogP contribution is -2.54. The Bertz CT molecular complexity index is 109. The van der Waals surface area contributed by atoms with Crippen molar-refractivity contribution < 1.29 is 4.79 Å². The first-order valence-corrected chi connectivity index (χ1v) is 2.89. The van der Waals surface area contributed by atoms with Gasteiger partial charge in [-0.05, 0) is 20.3 Å². The average Bonchev–Trinajstić information content (AvgIpc) is 1.66. The maximum atomic E-state index is 10.1. The van der Waals surface area contributed by atoms with Crippen LogP contribution in [0.5, 0.6) is 0 Å². The van der Waals surface area contributed by atoms with Gasteiger partial charge in [0.15, 0.2) is 0 Å². The largest absolute Gasteiger partial charge is 0.340 e. The van der Waals surface area contributed by atoms with E-state index in [9.17, 15) is 4.79 Å². The summed E-state index contributed by atoms with van der Waals surface area (Å²) in [5.74, 6) is 0. The van der Waals surface area contributed by atoms with E-state index in [-0.39, 0.29) is 5.54 Å². The van der Waals surface area contributed by atoms with Crippen LogP contribution < -0.4 is 0 Å². The van der Waals surface area contributed by atoms with Gasteiger partial charge >= 0.3 is 0 Å². The molecule has 2 heteroatoms. The summed E-state index contributed by atoms with van der Waals surface area (Å²) in [5, 5.41) is 0. The number of amides is 1. The molecular weight excluding hydrogens is 102 g/mol. The van der Waals surface area contributed by atoms with Gasteiger partial charge in [0, 0.05) is 12.1 Å². The van der Waals surface area contributed by atoms with Gasteiger partial charge in [-0.1, -0.05) is 0 Å². The van der Waals surface area contributed by atoms with E-state index in [1.165, 1.54) is 0 Å². The van der Waals surface area contributed by atoms with Gasteiger partial charge in [0.2, 0.25) is 6.41 Å². The van der Waals surface area contributed by atoms with Gasteiger partial charge in [0.05, 0.1) is 0 Å². The minimum Gasteiger partial charge on any atom is -0.340 e. The van der Waals surface area contributed by atoms with Crippen LogP contribution in [0.4, 0.5) is 0 Å². The zero-order valence-corrected chi connectivity index (χ0v) is 5.35. The van der Waals surface area contributed by atoms with E-state index in [1.54, 1.807) is 0 Å². The van der Waals surface area contributed by atoms with Crippen molar-refractivity contribution >= 4 is 6.41 Å². The second-order valence-corrected chi connectivity index (χ2v) is 2.86. The Morgan fingerprint density at radius 2 is 2.25 bits per heavy atom. The molecule has 0 spiro atoms. The van der Waals surface area contributed by atoms with Crippen LogP contribution >= 0.6 is 0 Å². The number of carbonyl (C=O) groups excluding carboxylic acids is 1. The maximum Gasteiger partial charge on any atom is 0.210 e. The first-order chi connectivity index (χ1) is 3.67. The molecule has 0 aromatic rings. The molecule has 2 nitrogen and oxygen atoms in total. The number of hydrogen-bond acceptors (Lipinski definition) is 1. The third kappa shape index (κ3) is 0.602.